The topological polar surface area (TPSA) is 86.9 Å². The Morgan fingerprint density at radius 3 is 2.63 bits per heavy atom. The molecule has 6 rings (SSSR count). The third-order valence-corrected chi connectivity index (χ3v) is 7.75. The van der Waals surface area contributed by atoms with Crippen LogP contribution in [-0.4, -0.2) is 27.8 Å². The zero-order valence-electron chi connectivity index (χ0n) is 19.3. The van der Waals surface area contributed by atoms with Crippen LogP contribution in [0.3, 0.4) is 0 Å². The van der Waals surface area contributed by atoms with E-state index in [1.165, 1.54) is 16.9 Å². The molecule has 35 heavy (non-hydrogen) atoms. The van der Waals surface area contributed by atoms with Crippen molar-refractivity contribution < 1.29 is 9.59 Å². The highest BCUT2D eigenvalue weighted by atomic mass is 32.1. The van der Waals surface area contributed by atoms with E-state index in [2.05, 4.69) is 15.6 Å². The number of nitrogens with one attached hydrogen (secondary N) is 3. The van der Waals surface area contributed by atoms with Crippen LogP contribution in [0.4, 0.5) is 5.00 Å². The molecule has 0 radical (unpaired) electrons. The standard InChI is InChI=1S/C28H26N4O2S/c33-24(16-11-17-9-12-18(13-10-17)27(34)29-19-14-15-19)32-28-25(20-5-1-4-8-23(20)35-28)26-30-21-6-2-3-7-22(21)31-26/h2-3,6-7,9-13,16,19H,1,4-5,8,14-15H2,(H,29,34)(H,30,31)(H,32,33). The minimum Gasteiger partial charge on any atom is -0.349 e. The second kappa shape index (κ2) is 9.15. The van der Waals surface area contributed by atoms with Crippen LogP contribution < -0.4 is 10.6 Å². The Hall–Kier alpha value is -3.71. The molecule has 2 aliphatic rings. The Balaban J connectivity index is 1.22. The van der Waals surface area contributed by atoms with Gasteiger partial charge in [-0.05, 0) is 80.0 Å². The largest absolute Gasteiger partial charge is 0.349 e. The number of imidazole rings is 1. The van der Waals surface area contributed by atoms with E-state index >= 15 is 0 Å². The lowest BCUT2D eigenvalue weighted by Gasteiger charge is -2.11. The van der Waals surface area contributed by atoms with E-state index in [-0.39, 0.29) is 11.8 Å². The molecule has 2 amide bonds. The third kappa shape index (κ3) is 4.64. The molecular formula is C28H26N4O2S. The van der Waals surface area contributed by atoms with Crippen molar-refractivity contribution in [3.63, 3.8) is 0 Å². The highest BCUT2D eigenvalue weighted by Crippen LogP contribution is 2.43. The van der Waals surface area contributed by atoms with Crippen molar-refractivity contribution in [3.05, 3.63) is 76.2 Å². The number of para-hydroxylation sites is 2. The van der Waals surface area contributed by atoms with Crippen LogP contribution in [-0.2, 0) is 17.6 Å². The van der Waals surface area contributed by atoms with Crippen molar-refractivity contribution in [2.45, 2.75) is 44.6 Å². The van der Waals surface area contributed by atoms with Gasteiger partial charge in [-0.3, -0.25) is 9.59 Å². The molecular weight excluding hydrogens is 456 g/mol. The summed E-state index contributed by atoms with van der Waals surface area (Å²) in [6, 6.07) is 15.6. The van der Waals surface area contributed by atoms with Crippen molar-refractivity contribution in [2.75, 3.05) is 5.32 Å². The molecule has 0 unspecified atom stereocenters. The number of aromatic amines is 1. The van der Waals surface area contributed by atoms with E-state index in [1.54, 1.807) is 35.6 Å². The Kier molecular flexibility index (Phi) is 5.70. The number of H-pyrrole nitrogens is 1. The maximum atomic E-state index is 12.9. The number of aryl methyl sites for hydroxylation is 1. The molecule has 2 aliphatic carbocycles. The minimum atomic E-state index is -0.184. The van der Waals surface area contributed by atoms with E-state index in [9.17, 15) is 9.59 Å². The first-order chi connectivity index (χ1) is 17.1. The van der Waals surface area contributed by atoms with Crippen LogP contribution >= 0.6 is 11.3 Å². The second-order valence-electron chi connectivity index (χ2n) is 9.21. The minimum absolute atomic E-state index is 0.0412. The number of carbonyl (C=O) groups is 2. The molecule has 2 aromatic carbocycles. The van der Waals surface area contributed by atoms with Gasteiger partial charge in [-0.1, -0.05) is 24.3 Å². The summed E-state index contributed by atoms with van der Waals surface area (Å²) in [5, 5.41) is 6.94. The van der Waals surface area contributed by atoms with Gasteiger partial charge in [-0.25, -0.2) is 4.98 Å². The average Bonchev–Trinajstić information content (AvgIpc) is 3.46. The summed E-state index contributed by atoms with van der Waals surface area (Å²) in [6.45, 7) is 0. The molecule has 2 heterocycles. The number of rotatable bonds is 6. The summed E-state index contributed by atoms with van der Waals surface area (Å²) in [5.41, 5.74) is 5.74. The average molecular weight is 483 g/mol. The lowest BCUT2D eigenvalue weighted by Crippen LogP contribution is -2.25. The number of benzene rings is 2. The van der Waals surface area contributed by atoms with E-state index in [4.69, 9.17) is 4.98 Å². The Morgan fingerprint density at radius 1 is 1.03 bits per heavy atom. The van der Waals surface area contributed by atoms with Crippen molar-refractivity contribution in [1.29, 1.82) is 0 Å². The molecule has 176 valence electrons. The number of amides is 2. The smallest absolute Gasteiger partial charge is 0.251 e. The van der Waals surface area contributed by atoms with Crippen molar-refractivity contribution in [1.82, 2.24) is 15.3 Å². The molecule has 4 aromatic rings. The fourth-order valence-corrected chi connectivity index (χ4v) is 5.84. The summed E-state index contributed by atoms with van der Waals surface area (Å²) >= 11 is 1.66. The van der Waals surface area contributed by atoms with Crippen LogP contribution in [0.5, 0.6) is 0 Å². The van der Waals surface area contributed by atoms with Crippen molar-refractivity contribution in [2.24, 2.45) is 0 Å². The maximum absolute atomic E-state index is 12.9. The second-order valence-corrected chi connectivity index (χ2v) is 10.3. The molecule has 3 N–H and O–H groups in total. The maximum Gasteiger partial charge on any atom is 0.251 e. The molecule has 1 saturated carbocycles. The number of anilines is 1. The first-order valence-electron chi connectivity index (χ1n) is 12.1. The zero-order valence-corrected chi connectivity index (χ0v) is 20.1. The van der Waals surface area contributed by atoms with E-state index in [0.717, 1.165) is 65.1 Å². The van der Waals surface area contributed by atoms with Crippen LogP contribution in [0.1, 0.15) is 52.0 Å². The van der Waals surface area contributed by atoms with Gasteiger partial charge in [0.1, 0.15) is 10.8 Å². The van der Waals surface area contributed by atoms with E-state index in [1.807, 2.05) is 36.4 Å². The van der Waals surface area contributed by atoms with Gasteiger partial charge < -0.3 is 15.6 Å². The number of carbonyl (C=O) groups excluding carboxylic acids is 2. The van der Waals surface area contributed by atoms with Gasteiger partial charge in [0.05, 0.1) is 16.6 Å². The predicted molar refractivity (Wildman–Crippen MR) is 141 cm³/mol. The molecule has 6 nitrogen and oxygen atoms in total. The Labute approximate surface area is 207 Å². The van der Waals surface area contributed by atoms with Gasteiger partial charge in [-0.2, -0.15) is 0 Å². The summed E-state index contributed by atoms with van der Waals surface area (Å²) in [4.78, 5) is 34.6. The highest BCUT2D eigenvalue weighted by molar-refractivity contribution is 7.17. The normalized spacial score (nSPS) is 15.3. The molecule has 0 atom stereocenters. The number of hydrogen-bond acceptors (Lipinski definition) is 4. The number of thiophene rings is 1. The molecule has 7 heteroatoms. The predicted octanol–water partition coefficient (Wildman–Crippen LogP) is 5.71. The SMILES string of the molecule is O=C(C=Cc1ccc(C(=O)NC2CC2)cc1)Nc1sc2c(c1-c1nc3ccccc3[nH]1)CCCC2. The first kappa shape index (κ1) is 21.8. The summed E-state index contributed by atoms with van der Waals surface area (Å²) in [5.74, 6) is 0.585. The van der Waals surface area contributed by atoms with Crippen LogP contribution in [0, 0.1) is 0 Å². The monoisotopic (exact) mass is 482 g/mol. The van der Waals surface area contributed by atoms with E-state index in [0.29, 0.717) is 11.6 Å². The number of aromatic nitrogens is 2. The van der Waals surface area contributed by atoms with Gasteiger partial charge in [0.15, 0.2) is 0 Å². The number of hydrogen-bond donors (Lipinski definition) is 3. The van der Waals surface area contributed by atoms with Gasteiger partial charge in [0.2, 0.25) is 5.91 Å². The fourth-order valence-electron chi connectivity index (χ4n) is 4.54. The van der Waals surface area contributed by atoms with Crippen molar-refractivity contribution in [3.8, 4) is 11.4 Å². The van der Waals surface area contributed by atoms with Crippen LogP contribution in [0.2, 0.25) is 0 Å². The molecule has 0 saturated heterocycles. The quantitative estimate of drug-likeness (QED) is 0.308. The third-order valence-electron chi connectivity index (χ3n) is 6.55. The van der Waals surface area contributed by atoms with Crippen molar-refractivity contribution >= 4 is 45.3 Å². The van der Waals surface area contributed by atoms with E-state index < -0.39 is 0 Å². The fraction of sp³-hybridized carbons (Fsp3) is 0.250. The zero-order chi connectivity index (χ0) is 23.8. The molecule has 0 aliphatic heterocycles. The Morgan fingerprint density at radius 2 is 1.83 bits per heavy atom. The van der Waals surface area contributed by atoms with Crippen LogP contribution in [0.15, 0.2) is 54.6 Å². The summed E-state index contributed by atoms with van der Waals surface area (Å²) in [7, 11) is 0. The number of nitrogens with zero attached hydrogens (tertiary/aromatic N) is 1. The molecule has 0 spiro atoms. The lowest BCUT2D eigenvalue weighted by atomic mass is 9.95. The molecule has 2 aromatic heterocycles. The van der Waals surface area contributed by atoms with Gasteiger partial charge in [0, 0.05) is 22.6 Å². The van der Waals surface area contributed by atoms with Gasteiger partial charge in [0.25, 0.3) is 5.91 Å². The Bertz CT molecular complexity index is 1410. The summed E-state index contributed by atoms with van der Waals surface area (Å²) < 4.78 is 0. The number of fused-ring (bicyclic) bond motifs is 2. The van der Waals surface area contributed by atoms with Gasteiger partial charge in [-0.15, -0.1) is 11.3 Å². The van der Waals surface area contributed by atoms with Crippen LogP contribution in [0.25, 0.3) is 28.5 Å². The summed E-state index contributed by atoms with van der Waals surface area (Å²) in [6.07, 6.45) is 9.81. The van der Waals surface area contributed by atoms with Gasteiger partial charge >= 0.3 is 0 Å². The lowest BCUT2D eigenvalue weighted by molar-refractivity contribution is -0.111. The molecule has 0 bridgehead atoms. The highest BCUT2D eigenvalue weighted by Gasteiger charge is 2.25. The first-order valence-corrected chi connectivity index (χ1v) is 13.0. The molecule has 1 fully saturated rings.